The zero-order valence-electron chi connectivity index (χ0n) is 12.2. The van der Waals surface area contributed by atoms with E-state index in [2.05, 4.69) is 0 Å². The van der Waals surface area contributed by atoms with Crippen LogP contribution in [0.4, 0.5) is 10.1 Å². The van der Waals surface area contributed by atoms with Gasteiger partial charge in [0, 0.05) is 30.1 Å². The largest absolute Gasteiger partial charge is 0.399 e. The van der Waals surface area contributed by atoms with Crippen molar-refractivity contribution in [1.29, 1.82) is 0 Å². The molecule has 0 aliphatic carbocycles. The van der Waals surface area contributed by atoms with Crippen molar-refractivity contribution < 1.29 is 12.8 Å². The molecule has 2 N–H and O–H groups in total. The van der Waals surface area contributed by atoms with E-state index in [0.29, 0.717) is 12.2 Å². The number of nitrogen functional groups attached to an aromatic ring is 1. The lowest BCUT2D eigenvalue weighted by Gasteiger charge is -2.26. The van der Waals surface area contributed by atoms with E-state index in [9.17, 15) is 12.8 Å². The Bertz CT molecular complexity index is 576. The van der Waals surface area contributed by atoms with E-state index in [1.165, 1.54) is 24.3 Å². The summed E-state index contributed by atoms with van der Waals surface area (Å²) in [7, 11) is -2.22. The number of nitrogens with two attached hydrogens (primary N) is 1. The van der Waals surface area contributed by atoms with Gasteiger partial charge in [-0.1, -0.05) is 6.92 Å². The molecule has 0 aliphatic heterocycles. The van der Waals surface area contributed by atoms with Crippen LogP contribution in [0.2, 0.25) is 0 Å². The molecule has 4 nitrogen and oxygen atoms in total. The second-order valence-electron chi connectivity index (χ2n) is 4.66. The maximum absolute atomic E-state index is 13.7. The van der Waals surface area contributed by atoms with Crippen LogP contribution in [-0.2, 0) is 10.0 Å². The predicted molar refractivity (Wildman–Crippen MR) is 83.0 cm³/mol. The summed E-state index contributed by atoms with van der Waals surface area (Å²) in [4.78, 5) is -0.0583. The van der Waals surface area contributed by atoms with Gasteiger partial charge in [0.05, 0.1) is 4.90 Å². The first-order valence-corrected chi connectivity index (χ1v) is 9.11. The van der Waals surface area contributed by atoms with E-state index in [-0.39, 0.29) is 22.2 Å². The van der Waals surface area contributed by atoms with Crippen LogP contribution in [0.3, 0.4) is 0 Å². The molecule has 20 heavy (non-hydrogen) atoms. The molecule has 0 heterocycles. The molecule has 0 spiro atoms. The minimum Gasteiger partial charge on any atom is -0.399 e. The molecule has 1 unspecified atom stereocenters. The number of hydrogen-bond acceptors (Lipinski definition) is 4. The van der Waals surface area contributed by atoms with Gasteiger partial charge in [-0.2, -0.15) is 16.1 Å². The lowest BCUT2D eigenvalue weighted by Crippen LogP contribution is -2.38. The van der Waals surface area contributed by atoms with Crippen molar-refractivity contribution in [3.05, 3.63) is 23.5 Å². The molecule has 1 aromatic carbocycles. The van der Waals surface area contributed by atoms with E-state index in [1.54, 1.807) is 11.8 Å². The fraction of sp³-hybridized carbons (Fsp3) is 0.538. The third-order valence-electron chi connectivity index (χ3n) is 3.32. The molecule has 0 aromatic heterocycles. The molecule has 0 fully saturated rings. The zero-order valence-corrected chi connectivity index (χ0v) is 13.8. The summed E-state index contributed by atoms with van der Waals surface area (Å²) in [5, 5.41) is 0. The van der Waals surface area contributed by atoms with Gasteiger partial charge in [0.1, 0.15) is 5.82 Å². The van der Waals surface area contributed by atoms with E-state index >= 15 is 0 Å². The average Bonchev–Trinajstić information content (AvgIpc) is 2.39. The molecule has 1 rings (SSSR count). The van der Waals surface area contributed by atoms with Crippen LogP contribution in [0.15, 0.2) is 17.0 Å². The lowest BCUT2D eigenvalue weighted by atomic mass is 10.2. The molecule has 0 saturated heterocycles. The normalized spacial score (nSPS) is 13.7. The second kappa shape index (κ2) is 6.78. The number of benzene rings is 1. The van der Waals surface area contributed by atoms with Gasteiger partial charge in [-0.3, -0.25) is 0 Å². The summed E-state index contributed by atoms with van der Waals surface area (Å²) in [5.74, 6) is 0.0886. The number of nitrogens with zero attached hydrogens (tertiary/aromatic N) is 1. The van der Waals surface area contributed by atoms with Crippen LogP contribution >= 0.6 is 11.8 Å². The maximum Gasteiger partial charge on any atom is 0.243 e. The van der Waals surface area contributed by atoms with Crippen molar-refractivity contribution in [2.24, 2.45) is 0 Å². The Morgan fingerprint density at radius 1 is 1.45 bits per heavy atom. The lowest BCUT2D eigenvalue weighted by molar-refractivity contribution is 0.385. The molecule has 0 aliphatic rings. The Morgan fingerprint density at radius 2 is 2.05 bits per heavy atom. The summed E-state index contributed by atoms with van der Waals surface area (Å²) in [6.07, 6.45) is 2.62. The smallest absolute Gasteiger partial charge is 0.243 e. The quantitative estimate of drug-likeness (QED) is 0.818. The van der Waals surface area contributed by atoms with Crippen molar-refractivity contribution in [3.63, 3.8) is 0 Å². The van der Waals surface area contributed by atoms with Gasteiger partial charge in [-0.25, -0.2) is 12.8 Å². The zero-order chi connectivity index (χ0) is 15.5. The van der Waals surface area contributed by atoms with E-state index in [4.69, 9.17) is 5.73 Å². The fourth-order valence-electron chi connectivity index (χ4n) is 1.97. The average molecular weight is 320 g/mol. The monoisotopic (exact) mass is 320 g/mol. The van der Waals surface area contributed by atoms with Gasteiger partial charge >= 0.3 is 0 Å². The van der Waals surface area contributed by atoms with Crippen molar-refractivity contribution in [2.75, 3.05) is 24.8 Å². The number of halogens is 1. The topological polar surface area (TPSA) is 63.4 Å². The summed E-state index contributed by atoms with van der Waals surface area (Å²) in [6.45, 7) is 3.38. The Labute approximate surface area is 124 Å². The van der Waals surface area contributed by atoms with Gasteiger partial charge in [0.2, 0.25) is 10.0 Å². The van der Waals surface area contributed by atoms with Gasteiger partial charge in [-0.05, 0) is 31.7 Å². The van der Waals surface area contributed by atoms with Gasteiger partial charge in [-0.15, -0.1) is 0 Å². The van der Waals surface area contributed by atoms with Gasteiger partial charge in [0.15, 0.2) is 0 Å². The number of anilines is 1. The Morgan fingerprint density at radius 3 is 2.55 bits per heavy atom. The van der Waals surface area contributed by atoms with Crippen molar-refractivity contribution in [2.45, 2.75) is 31.2 Å². The highest BCUT2D eigenvalue weighted by Gasteiger charge is 2.29. The van der Waals surface area contributed by atoms with Gasteiger partial charge in [0.25, 0.3) is 0 Å². The molecule has 0 amide bonds. The fourth-order valence-corrected chi connectivity index (χ4v) is 4.60. The van der Waals surface area contributed by atoms with E-state index in [1.807, 2.05) is 13.2 Å². The molecule has 1 aromatic rings. The highest BCUT2D eigenvalue weighted by molar-refractivity contribution is 7.98. The SMILES string of the molecule is CCC(CSC)N(C)S(=O)(=O)c1cc(N)cc(F)c1C. The molecule has 0 bridgehead atoms. The molecular weight excluding hydrogens is 299 g/mol. The standard InChI is InChI=1S/C13H21FN2O2S2/c1-5-11(8-19-4)16(3)20(17,18)13-7-10(15)6-12(14)9(13)2/h6-7,11H,5,8,15H2,1-4H3. The van der Waals surface area contributed by atoms with Crippen LogP contribution in [0.25, 0.3) is 0 Å². The molecule has 1 atom stereocenters. The highest BCUT2D eigenvalue weighted by Crippen LogP contribution is 2.26. The number of thioether (sulfide) groups is 1. The Hall–Kier alpha value is -0.790. The summed E-state index contributed by atoms with van der Waals surface area (Å²) >= 11 is 1.58. The molecule has 7 heteroatoms. The van der Waals surface area contributed by atoms with E-state index in [0.717, 1.165) is 6.07 Å². The van der Waals surface area contributed by atoms with Crippen molar-refractivity contribution >= 4 is 27.5 Å². The molecule has 114 valence electrons. The Balaban J connectivity index is 3.29. The van der Waals surface area contributed by atoms with Crippen LogP contribution in [0.1, 0.15) is 18.9 Å². The third-order valence-corrected chi connectivity index (χ3v) is 6.07. The predicted octanol–water partition coefficient (Wildman–Crippen LogP) is 2.48. The van der Waals surface area contributed by atoms with Crippen LogP contribution in [-0.4, -0.2) is 37.8 Å². The van der Waals surface area contributed by atoms with Crippen LogP contribution in [0.5, 0.6) is 0 Å². The number of rotatable bonds is 6. The summed E-state index contributed by atoms with van der Waals surface area (Å²) < 4.78 is 40.3. The number of sulfonamides is 1. The van der Waals surface area contributed by atoms with Crippen LogP contribution in [0, 0.1) is 12.7 Å². The first-order valence-electron chi connectivity index (χ1n) is 6.28. The molecule has 0 saturated carbocycles. The Kier molecular flexibility index (Phi) is 5.85. The van der Waals surface area contributed by atoms with Gasteiger partial charge < -0.3 is 5.73 Å². The summed E-state index contributed by atoms with van der Waals surface area (Å²) in [6, 6.07) is 2.32. The minimum atomic E-state index is -3.75. The minimum absolute atomic E-state index is 0.0583. The first-order chi connectivity index (χ1) is 9.25. The van der Waals surface area contributed by atoms with Crippen molar-refractivity contribution in [1.82, 2.24) is 4.31 Å². The first kappa shape index (κ1) is 17.3. The van der Waals surface area contributed by atoms with E-state index < -0.39 is 15.8 Å². The number of hydrogen-bond donors (Lipinski definition) is 1. The van der Waals surface area contributed by atoms with Crippen molar-refractivity contribution in [3.8, 4) is 0 Å². The maximum atomic E-state index is 13.7. The molecular formula is C13H21FN2O2S2. The summed E-state index contributed by atoms with van der Waals surface area (Å²) in [5.41, 5.74) is 5.78. The third kappa shape index (κ3) is 3.45. The van der Waals surface area contributed by atoms with Crippen LogP contribution < -0.4 is 5.73 Å². The second-order valence-corrected chi connectivity index (χ2v) is 7.54. The highest BCUT2D eigenvalue weighted by atomic mass is 32.2. The molecule has 0 radical (unpaired) electrons.